The predicted octanol–water partition coefficient (Wildman–Crippen LogP) is 1.05. The van der Waals surface area contributed by atoms with Gasteiger partial charge in [0.05, 0.1) is 17.5 Å². The molecule has 1 fully saturated rings. The number of thiocarbonyl (C=S) groups is 1. The molecule has 1 heterocycles. The van der Waals surface area contributed by atoms with E-state index < -0.39 is 9.84 Å². The van der Waals surface area contributed by atoms with Crippen LogP contribution in [0.25, 0.3) is 0 Å². The number of hydrogen-bond donors (Lipinski definition) is 2. The molecule has 1 aromatic rings. The van der Waals surface area contributed by atoms with E-state index in [9.17, 15) is 8.42 Å². The summed E-state index contributed by atoms with van der Waals surface area (Å²) in [5, 5.41) is 4.70. The van der Waals surface area contributed by atoms with Gasteiger partial charge in [-0.2, -0.15) is 0 Å². The van der Waals surface area contributed by atoms with Crippen molar-refractivity contribution in [2.75, 3.05) is 16.8 Å². The van der Waals surface area contributed by atoms with E-state index in [1.807, 2.05) is 31.2 Å². The monoisotopic (exact) mass is 299 g/mol. The van der Waals surface area contributed by atoms with Crippen molar-refractivity contribution in [3.8, 4) is 0 Å². The predicted molar refractivity (Wildman–Crippen MR) is 80.5 cm³/mol. The van der Waals surface area contributed by atoms with E-state index in [0.29, 0.717) is 11.5 Å². The number of rotatable bonds is 2. The summed E-state index contributed by atoms with van der Waals surface area (Å²) in [7, 11) is -2.96. The highest BCUT2D eigenvalue weighted by atomic mass is 32.2. The van der Waals surface area contributed by atoms with E-state index in [1.165, 1.54) is 5.01 Å². The van der Waals surface area contributed by atoms with Crippen LogP contribution in [0.1, 0.15) is 12.0 Å². The molecule has 1 aliphatic rings. The van der Waals surface area contributed by atoms with Crippen LogP contribution in [0, 0.1) is 6.92 Å². The van der Waals surface area contributed by atoms with Gasteiger partial charge in [0.1, 0.15) is 0 Å². The number of nitrogens with two attached hydrogens (primary N) is 1. The fourth-order valence-corrected chi connectivity index (χ4v) is 3.96. The zero-order chi connectivity index (χ0) is 14.0. The summed E-state index contributed by atoms with van der Waals surface area (Å²) in [4.78, 5) is 0. The molecule has 104 valence electrons. The lowest BCUT2D eigenvalue weighted by molar-refractivity contribution is 0.352. The molecular formula is C12H17N3O2S2. The molecule has 1 atom stereocenters. The summed E-state index contributed by atoms with van der Waals surface area (Å²) in [6.45, 7) is 2.00. The number of aryl methyl sites for hydroxylation is 1. The number of sulfone groups is 1. The molecule has 3 N–H and O–H groups in total. The van der Waals surface area contributed by atoms with Gasteiger partial charge in [-0.3, -0.25) is 5.01 Å². The van der Waals surface area contributed by atoms with Gasteiger partial charge in [-0.25, -0.2) is 14.3 Å². The van der Waals surface area contributed by atoms with Crippen molar-refractivity contribution < 1.29 is 8.42 Å². The fraction of sp³-hybridized carbons (Fsp3) is 0.417. The molecule has 1 saturated heterocycles. The molecule has 1 unspecified atom stereocenters. The lowest BCUT2D eigenvalue weighted by atomic mass is 10.2. The second-order valence-corrected chi connectivity index (χ2v) is 7.38. The van der Waals surface area contributed by atoms with Gasteiger partial charge in [-0.05, 0) is 37.7 Å². The summed E-state index contributed by atoms with van der Waals surface area (Å²) in [5.74, 6) is 6.13. The minimum absolute atomic E-state index is 0.0687. The van der Waals surface area contributed by atoms with Crippen molar-refractivity contribution in [3.05, 3.63) is 29.8 Å². The van der Waals surface area contributed by atoms with Crippen molar-refractivity contribution >= 4 is 32.9 Å². The number of anilines is 1. The normalized spacial score (nSPS) is 21.1. The number of hydrogen-bond acceptors (Lipinski definition) is 4. The Labute approximate surface area is 118 Å². The first-order valence-electron chi connectivity index (χ1n) is 5.99. The Bertz CT molecular complexity index is 569. The summed E-state index contributed by atoms with van der Waals surface area (Å²) >= 11 is 5.20. The van der Waals surface area contributed by atoms with E-state index >= 15 is 0 Å². The van der Waals surface area contributed by atoms with Crippen molar-refractivity contribution in [2.24, 2.45) is 5.84 Å². The summed E-state index contributed by atoms with van der Waals surface area (Å²) in [6, 6.07) is 7.50. The zero-order valence-electron chi connectivity index (χ0n) is 10.7. The molecule has 1 aliphatic heterocycles. The summed E-state index contributed by atoms with van der Waals surface area (Å²) in [5.41, 5.74) is 2.00. The smallest absolute Gasteiger partial charge is 0.188 e. The Morgan fingerprint density at radius 3 is 2.58 bits per heavy atom. The first-order valence-corrected chi connectivity index (χ1v) is 8.22. The maximum Gasteiger partial charge on any atom is 0.188 e. The summed E-state index contributed by atoms with van der Waals surface area (Å²) in [6.07, 6.45) is 0.522. The quantitative estimate of drug-likeness (QED) is 0.483. The molecule has 0 radical (unpaired) electrons. The van der Waals surface area contributed by atoms with Crippen LogP contribution in [0.15, 0.2) is 24.3 Å². The van der Waals surface area contributed by atoms with E-state index in [2.05, 4.69) is 5.32 Å². The second-order valence-electron chi connectivity index (χ2n) is 4.76. The van der Waals surface area contributed by atoms with Crippen LogP contribution in [0.4, 0.5) is 5.69 Å². The van der Waals surface area contributed by atoms with Crippen molar-refractivity contribution in [1.82, 2.24) is 5.01 Å². The van der Waals surface area contributed by atoms with Crippen molar-refractivity contribution in [1.29, 1.82) is 0 Å². The standard InChI is InChI=1S/C12H17N3O2S2/c1-9-2-4-10(5-3-9)14-12(18)15(13)11-6-7-19(16,17)8-11/h2-5,11H,6-8,13H2,1H3,(H,14,18). The van der Waals surface area contributed by atoms with Gasteiger partial charge in [0.2, 0.25) is 0 Å². The van der Waals surface area contributed by atoms with Crippen LogP contribution in [-0.2, 0) is 9.84 Å². The third-order valence-corrected chi connectivity index (χ3v) is 5.20. The van der Waals surface area contributed by atoms with E-state index in [-0.39, 0.29) is 17.5 Å². The molecular weight excluding hydrogens is 282 g/mol. The lowest BCUT2D eigenvalue weighted by Gasteiger charge is -2.25. The molecule has 2 rings (SSSR count). The molecule has 5 nitrogen and oxygen atoms in total. The molecule has 7 heteroatoms. The third-order valence-electron chi connectivity index (χ3n) is 3.14. The molecule has 0 aliphatic carbocycles. The highest BCUT2D eigenvalue weighted by Crippen LogP contribution is 2.17. The molecule has 0 amide bonds. The molecule has 0 saturated carbocycles. The van der Waals surface area contributed by atoms with Crippen molar-refractivity contribution in [3.63, 3.8) is 0 Å². The number of hydrazine groups is 1. The second kappa shape index (κ2) is 5.44. The summed E-state index contributed by atoms with van der Waals surface area (Å²) < 4.78 is 22.8. The Kier molecular flexibility index (Phi) is 4.07. The van der Waals surface area contributed by atoms with Gasteiger partial charge in [-0.1, -0.05) is 17.7 Å². The highest BCUT2D eigenvalue weighted by Gasteiger charge is 2.32. The van der Waals surface area contributed by atoms with E-state index in [0.717, 1.165) is 11.3 Å². The maximum atomic E-state index is 11.4. The van der Waals surface area contributed by atoms with E-state index in [4.69, 9.17) is 18.1 Å². The third kappa shape index (κ3) is 3.65. The fourth-order valence-electron chi connectivity index (χ4n) is 1.99. The Hall–Kier alpha value is -1.18. The van der Waals surface area contributed by atoms with Crippen LogP contribution >= 0.6 is 12.2 Å². The minimum atomic E-state index is -2.96. The zero-order valence-corrected chi connectivity index (χ0v) is 12.3. The Balaban J connectivity index is 1.98. The maximum absolute atomic E-state index is 11.4. The Morgan fingerprint density at radius 2 is 2.05 bits per heavy atom. The van der Waals surface area contributed by atoms with Crippen LogP contribution < -0.4 is 11.2 Å². The van der Waals surface area contributed by atoms with Crippen LogP contribution in [0.3, 0.4) is 0 Å². The highest BCUT2D eigenvalue weighted by molar-refractivity contribution is 7.91. The minimum Gasteiger partial charge on any atom is -0.332 e. The van der Waals surface area contributed by atoms with Crippen LogP contribution in [0.5, 0.6) is 0 Å². The largest absolute Gasteiger partial charge is 0.332 e. The first kappa shape index (κ1) is 14.2. The molecule has 1 aromatic carbocycles. The first-order chi connectivity index (χ1) is 8.87. The van der Waals surface area contributed by atoms with Gasteiger partial charge in [-0.15, -0.1) is 0 Å². The average molecular weight is 299 g/mol. The van der Waals surface area contributed by atoms with Crippen LogP contribution in [0.2, 0.25) is 0 Å². The molecule has 0 aromatic heterocycles. The number of nitrogens with zero attached hydrogens (tertiary/aromatic N) is 1. The number of nitrogens with one attached hydrogen (secondary N) is 1. The van der Waals surface area contributed by atoms with Gasteiger partial charge in [0, 0.05) is 5.69 Å². The number of benzene rings is 1. The van der Waals surface area contributed by atoms with Gasteiger partial charge >= 0.3 is 0 Å². The topological polar surface area (TPSA) is 75.4 Å². The molecule has 0 bridgehead atoms. The van der Waals surface area contributed by atoms with Gasteiger partial charge < -0.3 is 5.32 Å². The molecule has 19 heavy (non-hydrogen) atoms. The average Bonchev–Trinajstić information content (AvgIpc) is 2.71. The van der Waals surface area contributed by atoms with Crippen LogP contribution in [-0.4, -0.2) is 36.1 Å². The van der Waals surface area contributed by atoms with Crippen molar-refractivity contribution in [2.45, 2.75) is 19.4 Å². The SMILES string of the molecule is Cc1ccc(NC(=S)N(N)C2CCS(=O)(=O)C2)cc1. The lowest BCUT2D eigenvalue weighted by Crippen LogP contribution is -2.48. The Morgan fingerprint density at radius 1 is 1.42 bits per heavy atom. The van der Waals surface area contributed by atoms with E-state index in [1.54, 1.807) is 0 Å². The molecule has 0 spiro atoms. The van der Waals surface area contributed by atoms with Gasteiger partial charge in [0.15, 0.2) is 14.9 Å². The van der Waals surface area contributed by atoms with Gasteiger partial charge in [0.25, 0.3) is 0 Å².